The molecular weight excluding hydrogens is 442 g/mol. The van der Waals surface area contributed by atoms with Crippen molar-refractivity contribution in [2.45, 2.75) is 39.5 Å². The summed E-state index contributed by atoms with van der Waals surface area (Å²) in [5.74, 6) is 1.77. The van der Waals surface area contributed by atoms with E-state index in [2.05, 4.69) is 11.8 Å². The van der Waals surface area contributed by atoms with Crippen LogP contribution < -0.4 is 4.90 Å². The number of hydrogen-bond acceptors (Lipinski definition) is 6. The van der Waals surface area contributed by atoms with Crippen LogP contribution in [0.15, 0.2) is 54.6 Å². The molecule has 1 saturated heterocycles. The Morgan fingerprint density at radius 3 is 2.31 bits per heavy atom. The van der Waals surface area contributed by atoms with Gasteiger partial charge >= 0.3 is 0 Å². The van der Waals surface area contributed by atoms with E-state index < -0.39 is 0 Å². The van der Waals surface area contributed by atoms with Gasteiger partial charge in [-0.1, -0.05) is 55.8 Å². The van der Waals surface area contributed by atoms with Crippen LogP contribution in [0.25, 0.3) is 11.4 Å². The van der Waals surface area contributed by atoms with Crippen molar-refractivity contribution in [3.63, 3.8) is 0 Å². The molecule has 8 nitrogen and oxygen atoms in total. The maximum absolute atomic E-state index is 12.5. The fourth-order valence-corrected chi connectivity index (χ4v) is 4.36. The van der Waals surface area contributed by atoms with Crippen molar-refractivity contribution in [3.05, 3.63) is 81.5 Å². The van der Waals surface area contributed by atoms with E-state index in [1.165, 1.54) is 12.1 Å². The Morgan fingerprint density at radius 2 is 1.69 bits per heavy atom. The third-order valence-corrected chi connectivity index (χ3v) is 6.43. The molecule has 0 N–H and O–H groups in total. The Morgan fingerprint density at radius 1 is 1.00 bits per heavy atom. The number of carbonyl (C=O) groups is 1. The van der Waals surface area contributed by atoms with Crippen molar-refractivity contribution >= 4 is 17.4 Å². The molecule has 182 valence electrons. The molecule has 0 spiro atoms. The van der Waals surface area contributed by atoms with Crippen LogP contribution in [0.2, 0.25) is 0 Å². The van der Waals surface area contributed by atoms with Crippen LogP contribution >= 0.6 is 0 Å². The number of nitro groups is 1. The van der Waals surface area contributed by atoms with E-state index >= 15 is 0 Å². The molecule has 0 atom stereocenters. The van der Waals surface area contributed by atoms with Gasteiger partial charge in [-0.3, -0.25) is 14.9 Å². The third kappa shape index (κ3) is 5.82. The molecule has 1 aliphatic rings. The Balaban J connectivity index is 1.63. The van der Waals surface area contributed by atoms with Crippen molar-refractivity contribution in [3.8, 4) is 11.4 Å². The molecule has 4 rings (SSSR count). The van der Waals surface area contributed by atoms with Gasteiger partial charge in [0.15, 0.2) is 5.82 Å². The highest BCUT2D eigenvalue weighted by atomic mass is 16.6. The van der Waals surface area contributed by atoms with Crippen molar-refractivity contribution in [2.75, 3.05) is 31.1 Å². The van der Waals surface area contributed by atoms with Crippen molar-refractivity contribution in [1.82, 2.24) is 14.9 Å². The highest BCUT2D eigenvalue weighted by Crippen LogP contribution is 2.29. The molecule has 0 bridgehead atoms. The first-order valence-corrected chi connectivity index (χ1v) is 12.1. The number of amides is 1. The summed E-state index contributed by atoms with van der Waals surface area (Å²) >= 11 is 0. The van der Waals surface area contributed by atoms with Crippen molar-refractivity contribution < 1.29 is 9.72 Å². The van der Waals surface area contributed by atoms with Gasteiger partial charge in [-0.2, -0.15) is 0 Å². The van der Waals surface area contributed by atoms with Crippen LogP contribution in [0.3, 0.4) is 0 Å². The normalized spacial score (nSPS) is 13.7. The zero-order valence-electron chi connectivity index (χ0n) is 20.3. The van der Waals surface area contributed by atoms with Gasteiger partial charge in [-0.15, -0.1) is 0 Å². The van der Waals surface area contributed by atoms with E-state index in [-0.39, 0.29) is 16.5 Å². The number of unbranched alkanes of at least 4 members (excludes halogenated alkanes) is 1. The fraction of sp³-hybridized carbons (Fsp3) is 0.370. The highest BCUT2D eigenvalue weighted by Gasteiger charge is 2.25. The molecule has 0 aliphatic carbocycles. The van der Waals surface area contributed by atoms with Crippen LogP contribution in [-0.2, 0) is 11.2 Å². The predicted octanol–water partition coefficient (Wildman–Crippen LogP) is 4.79. The number of nitrogens with zero attached hydrogens (tertiary/aromatic N) is 5. The quantitative estimate of drug-likeness (QED) is 0.345. The van der Waals surface area contributed by atoms with Gasteiger partial charge in [0, 0.05) is 68.0 Å². The summed E-state index contributed by atoms with van der Waals surface area (Å²) < 4.78 is 0. The number of aryl methyl sites for hydroxylation is 1. The number of piperazine rings is 1. The fourth-order valence-electron chi connectivity index (χ4n) is 4.36. The minimum Gasteiger partial charge on any atom is -0.353 e. The van der Waals surface area contributed by atoms with E-state index in [9.17, 15) is 14.9 Å². The summed E-state index contributed by atoms with van der Waals surface area (Å²) in [5, 5.41) is 11.0. The van der Waals surface area contributed by atoms with Crippen molar-refractivity contribution in [2.24, 2.45) is 0 Å². The first-order valence-electron chi connectivity index (χ1n) is 12.1. The van der Waals surface area contributed by atoms with E-state index in [0.29, 0.717) is 44.8 Å². The number of rotatable bonds is 8. The predicted molar refractivity (Wildman–Crippen MR) is 136 cm³/mol. The summed E-state index contributed by atoms with van der Waals surface area (Å²) in [6.45, 7) is 6.83. The average molecular weight is 474 g/mol. The molecule has 0 radical (unpaired) electrons. The number of anilines is 1. The summed E-state index contributed by atoms with van der Waals surface area (Å²) in [6, 6.07) is 16.5. The second-order valence-electron chi connectivity index (χ2n) is 8.87. The largest absolute Gasteiger partial charge is 0.353 e. The Labute approximate surface area is 205 Å². The number of non-ortho nitro benzene ring substituents is 1. The first kappa shape index (κ1) is 24.3. The smallest absolute Gasteiger partial charge is 0.269 e. The van der Waals surface area contributed by atoms with E-state index in [4.69, 9.17) is 9.97 Å². The number of nitro benzene ring substituents is 1. The highest BCUT2D eigenvalue weighted by molar-refractivity contribution is 5.76. The lowest BCUT2D eigenvalue weighted by Gasteiger charge is -2.36. The van der Waals surface area contributed by atoms with E-state index in [1.54, 1.807) is 12.1 Å². The lowest BCUT2D eigenvalue weighted by molar-refractivity contribution is -0.384. The molecule has 1 aromatic heterocycles. The van der Waals surface area contributed by atoms with Crippen LogP contribution in [-0.4, -0.2) is 51.9 Å². The Kier molecular flexibility index (Phi) is 7.70. The third-order valence-electron chi connectivity index (χ3n) is 6.43. The van der Waals surface area contributed by atoms with Gasteiger partial charge in [0.1, 0.15) is 5.82 Å². The first-order chi connectivity index (χ1) is 17.0. The molecule has 2 heterocycles. The summed E-state index contributed by atoms with van der Waals surface area (Å²) in [5.41, 5.74) is 3.87. The standard InChI is InChI=1S/C27H31N5O3/c1-3-4-10-25(33)30-15-17-31(18-16-30)27-24(19-21-11-13-23(14-12-21)32(34)35)20(2)28-26(29-27)22-8-6-5-7-9-22/h5-9,11-14H,3-4,10,15-19H2,1-2H3. The monoisotopic (exact) mass is 473 g/mol. The van der Waals surface area contributed by atoms with Gasteiger partial charge in [0.05, 0.1) is 4.92 Å². The van der Waals surface area contributed by atoms with Gasteiger partial charge in [0.25, 0.3) is 5.69 Å². The minimum absolute atomic E-state index is 0.0743. The molecule has 3 aromatic rings. The number of hydrogen-bond donors (Lipinski definition) is 0. The second-order valence-corrected chi connectivity index (χ2v) is 8.87. The van der Waals surface area contributed by atoms with Crippen LogP contribution in [0, 0.1) is 17.0 Å². The average Bonchev–Trinajstić information content (AvgIpc) is 2.89. The van der Waals surface area contributed by atoms with E-state index in [1.807, 2.05) is 42.2 Å². The summed E-state index contributed by atoms with van der Waals surface area (Å²) in [4.78, 5) is 37.2. The summed E-state index contributed by atoms with van der Waals surface area (Å²) in [6.07, 6.45) is 3.11. The lowest BCUT2D eigenvalue weighted by Crippen LogP contribution is -2.49. The Bertz CT molecular complexity index is 1170. The number of aromatic nitrogens is 2. The molecule has 1 fully saturated rings. The molecule has 1 amide bonds. The maximum atomic E-state index is 12.5. The molecule has 2 aromatic carbocycles. The second kappa shape index (κ2) is 11.1. The molecule has 35 heavy (non-hydrogen) atoms. The molecular formula is C27H31N5O3. The van der Waals surface area contributed by atoms with Crippen molar-refractivity contribution in [1.29, 1.82) is 0 Å². The van der Waals surface area contributed by atoms with Crippen LogP contribution in [0.1, 0.15) is 43.0 Å². The SMILES string of the molecule is CCCCC(=O)N1CCN(c2nc(-c3ccccc3)nc(C)c2Cc2ccc([N+](=O)[O-])cc2)CC1. The van der Waals surface area contributed by atoms with Gasteiger partial charge < -0.3 is 9.80 Å². The zero-order chi connectivity index (χ0) is 24.8. The maximum Gasteiger partial charge on any atom is 0.269 e. The van der Waals surface area contributed by atoms with E-state index in [0.717, 1.165) is 41.0 Å². The zero-order valence-corrected chi connectivity index (χ0v) is 20.3. The molecule has 0 saturated carbocycles. The molecule has 0 unspecified atom stereocenters. The topological polar surface area (TPSA) is 92.5 Å². The van der Waals surface area contributed by atoms with Gasteiger partial charge in [-0.25, -0.2) is 9.97 Å². The minimum atomic E-state index is -0.389. The van der Waals surface area contributed by atoms with Gasteiger partial charge in [0.2, 0.25) is 5.91 Å². The number of carbonyl (C=O) groups excluding carboxylic acids is 1. The summed E-state index contributed by atoms with van der Waals surface area (Å²) in [7, 11) is 0. The lowest BCUT2D eigenvalue weighted by atomic mass is 10.0. The molecule has 1 aliphatic heterocycles. The molecule has 8 heteroatoms. The van der Waals surface area contributed by atoms with Gasteiger partial charge in [-0.05, 0) is 18.9 Å². The number of benzene rings is 2. The van der Waals surface area contributed by atoms with Crippen LogP contribution in [0.4, 0.5) is 11.5 Å². The van der Waals surface area contributed by atoms with Crippen LogP contribution in [0.5, 0.6) is 0 Å². The Hall–Kier alpha value is -3.81.